The Morgan fingerprint density at radius 1 is 1.30 bits per heavy atom. The third-order valence-corrected chi connectivity index (χ3v) is 4.34. The smallest absolute Gasteiger partial charge is 0.264 e. The van der Waals surface area contributed by atoms with Crippen LogP contribution >= 0.6 is 11.6 Å². The topological polar surface area (TPSA) is 51.5 Å². The molecule has 0 saturated heterocycles. The van der Waals surface area contributed by atoms with Gasteiger partial charge in [-0.1, -0.05) is 11.6 Å². The molecule has 1 heterocycles. The van der Waals surface area contributed by atoms with Crippen LogP contribution in [0.3, 0.4) is 0 Å². The van der Waals surface area contributed by atoms with Crippen LogP contribution in [-0.2, 0) is 11.2 Å². The fourth-order valence-electron chi connectivity index (χ4n) is 2.81. The van der Waals surface area contributed by atoms with Crippen molar-refractivity contribution in [3.8, 4) is 5.75 Å². The predicted molar refractivity (Wildman–Crippen MR) is 88.7 cm³/mol. The molecule has 0 unspecified atom stereocenters. The molecule has 1 aliphatic carbocycles. The molecule has 0 bridgehead atoms. The predicted octanol–water partition coefficient (Wildman–Crippen LogP) is 4.28. The van der Waals surface area contributed by atoms with E-state index in [2.05, 4.69) is 5.32 Å². The van der Waals surface area contributed by atoms with Gasteiger partial charge >= 0.3 is 0 Å². The first kappa shape index (κ1) is 15.9. The first-order chi connectivity index (χ1) is 11.0. The maximum absolute atomic E-state index is 12.6. The van der Waals surface area contributed by atoms with Gasteiger partial charge in [-0.3, -0.25) is 4.79 Å². The number of fused-ring (bicyclic) bond motifs is 1. The van der Waals surface area contributed by atoms with E-state index in [-0.39, 0.29) is 11.9 Å². The van der Waals surface area contributed by atoms with E-state index in [1.807, 2.05) is 6.07 Å². The molecule has 122 valence electrons. The molecule has 2 aromatic rings. The normalized spacial score (nSPS) is 17.4. The maximum Gasteiger partial charge on any atom is 0.264 e. The Bertz CT molecular complexity index is 691. The lowest BCUT2D eigenvalue weighted by Gasteiger charge is -2.29. The summed E-state index contributed by atoms with van der Waals surface area (Å²) in [7, 11) is 0. The number of aryl methyl sites for hydroxylation is 1. The Hall–Kier alpha value is -1.94. The lowest BCUT2D eigenvalue weighted by molar-refractivity contribution is -0.135. The van der Waals surface area contributed by atoms with Crippen LogP contribution in [0.15, 0.2) is 41.0 Å². The van der Waals surface area contributed by atoms with E-state index in [4.69, 9.17) is 20.8 Å². The van der Waals surface area contributed by atoms with Crippen molar-refractivity contribution in [3.05, 3.63) is 52.9 Å². The molecule has 3 rings (SSSR count). The number of carbonyl (C=O) groups excluding carboxylic acids is 1. The number of rotatable bonds is 4. The van der Waals surface area contributed by atoms with E-state index < -0.39 is 5.60 Å². The van der Waals surface area contributed by atoms with Crippen LogP contribution in [0, 0.1) is 0 Å². The number of nitrogens with one attached hydrogen (secondary N) is 1. The standard InChI is InChI=1S/C18H20ClNO3/c1-18(2,23-13-8-6-12(19)7-9-13)17(21)20-15-4-3-5-16-14(15)10-11-22-16/h6-11,15H,3-5H2,1-2H3,(H,20,21)/t15-/m1/s1. The number of halogens is 1. The molecule has 1 N–H and O–H groups in total. The Balaban J connectivity index is 1.69. The minimum Gasteiger partial charge on any atom is -0.478 e. The number of ether oxygens (including phenoxy) is 1. The van der Waals surface area contributed by atoms with Gasteiger partial charge < -0.3 is 14.5 Å². The quantitative estimate of drug-likeness (QED) is 0.908. The number of furan rings is 1. The van der Waals surface area contributed by atoms with E-state index in [1.54, 1.807) is 44.4 Å². The van der Waals surface area contributed by atoms with Crippen LogP contribution < -0.4 is 10.1 Å². The Morgan fingerprint density at radius 3 is 2.78 bits per heavy atom. The van der Waals surface area contributed by atoms with Crippen LogP contribution in [0.1, 0.15) is 44.1 Å². The van der Waals surface area contributed by atoms with Crippen LogP contribution in [0.25, 0.3) is 0 Å². The van der Waals surface area contributed by atoms with Gasteiger partial charge in [0.2, 0.25) is 0 Å². The van der Waals surface area contributed by atoms with Crippen LogP contribution in [-0.4, -0.2) is 11.5 Å². The molecule has 0 spiro atoms. The first-order valence-corrected chi connectivity index (χ1v) is 8.15. The van der Waals surface area contributed by atoms with Gasteiger partial charge in [-0.05, 0) is 57.0 Å². The number of amides is 1. The highest BCUT2D eigenvalue weighted by Gasteiger charge is 2.33. The zero-order chi connectivity index (χ0) is 16.4. The lowest BCUT2D eigenvalue weighted by atomic mass is 9.92. The highest BCUT2D eigenvalue weighted by atomic mass is 35.5. The third kappa shape index (κ3) is 3.53. The van der Waals surface area contributed by atoms with E-state index >= 15 is 0 Å². The van der Waals surface area contributed by atoms with Gasteiger partial charge in [-0.2, -0.15) is 0 Å². The number of carbonyl (C=O) groups is 1. The summed E-state index contributed by atoms with van der Waals surface area (Å²) in [5.74, 6) is 1.44. The fraction of sp³-hybridized carbons (Fsp3) is 0.389. The fourth-order valence-corrected chi connectivity index (χ4v) is 2.94. The molecular weight excluding hydrogens is 314 g/mol. The Labute approximate surface area is 140 Å². The maximum atomic E-state index is 12.6. The highest BCUT2D eigenvalue weighted by Crippen LogP contribution is 2.31. The van der Waals surface area contributed by atoms with Crippen molar-refractivity contribution in [2.24, 2.45) is 0 Å². The van der Waals surface area contributed by atoms with Crippen LogP contribution in [0.5, 0.6) is 5.75 Å². The average molecular weight is 334 g/mol. The number of hydrogen-bond donors (Lipinski definition) is 1. The minimum absolute atomic E-state index is 0.0157. The molecule has 0 saturated carbocycles. The first-order valence-electron chi connectivity index (χ1n) is 7.77. The minimum atomic E-state index is -0.977. The summed E-state index contributed by atoms with van der Waals surface area (Å²) in [5.41, 5.74) is 0.0988. The molecule has 0 fully saturated rings. The van der Waals surface area contributed by atoms with Gasteiger partial charge in [-0.15, -0.1) is 0 Å². The van der Waals surface area contributed by atoms with Crippen molar-refractivity contribution in [1.29, 1.82) is 0 Å². The van der Waals surface area contributed by atoms with Crippen molar-refractivity contribution >= 4 is 17.5 Å². The second kappa shape index (κ2) is 6.28. The molecule has 1 aliphatic rings. The van der Waals surface area contributed by atoms with Gasteiger partial charge in [0.15, 0.2) is 5.60 Å². The second-order valence-electron chi connectivity index (χ2n) is 6.28. The van der Waals surface area contributed by atoms with Crippen molar-refractivity contribution in [2.75, 3.05) is 0 Å². The molecule has 0 radical (unpaired) electrons. The van der Waals surface area contributed by atoms with E-state index in [0.29, 0.717) is 10.8 Å². The van der Waals surface area contributed by atoms with E-state index in [0.717, 1.165) is 30.6 Å². The summed E-state index contributed by atoms with van der Waals surface area (Å²) >= 11 is 5.87. The molecule has 1 atom stereocenters. The molecule has 0 aliphatic heterocycles. The summed E-state index contributed by atoms with van der Waals surface area (Å²) in [6.45, 7) is 3.52. The third-order valence-electron chi connectivity index (χ3n) is 4.09. The summed E-state index contributed by atoms with van der Waals surface area (Å²) < 4.78 is 11.3. The van der Waals surface area contributed by atoms with E-state index in [9.17, 15) is 4.79 Å². The summed E-state index contributed by atoms with van der Waals surface area (Å²) in [4.78, 5) is 12.6. The Kier molecular flexibility index (Phi) is 4.35. The molecule has 23 heavy (non-hydrogen) atoms. The second-order valence-corrected chi connectivity index (χ2v) is 6.72. The van der Waals surface area contributed by atoms with Crippen molar-refractivity contribution < 1.29 is 13.9 Å². The monoisotopic (exact) mass is 333 g/mol. The summed E-state index contributed by atoms with van der Waals surface area (Å²) in [6, 6.07) is 8.91. The largest absolute Gasteiger partial charge is 0.478 e. The Morgan fingerprint density at radius 2 is 2.04 bits per heavy atom. The van der Waals surface area contributed by atoms with Gasteiger partial charge in [0.25, 0.3) is 5.91 Å². The molecule has 4 nitrogen and oxygen atoms in total. The van der Waals surface area contributed by atoms with Crippen molar-refractivity contribution in [3.63, 3.8) is 0 Å². The van der Waals surface area contributed by atoms with Crippen LogP contribution in [0.2, 0.25) is 5.02 Å². The van der Waals surface area contributed by atoms with Crippen molar-refractivity contribution in [2.45, 2.75) is 44.8 Å². The summed E-state index contributed by atoms with van der Waals surface area (Å²) in [5, 5.41) is 3.72. The SMILES string of the molecule is CC(C)(Oc1ccc(Cl)cc1)C(=O)N[C@@H]1CCCc2occc21. The van der Waals surface area contributed by atoms with Crippen LogP contribution in [0.4, 0.5) is 0 Å². The number of hydrogen-bond acceptors (Lipinski definition) is 3. The average Bonchev–Trinajstić information content (AvgIpc) is 2.99. The van der Waals surface area contributed by atoms with Gasteiger partial charge in [0.05, 0.1) is 12.3 Å². The molecule has 1 amide bonds. The molecule has 5 heteroatoms. The molecule has 1 aromatic heterocycles. The highest BCUT2D eigenvalue weighted by molar-refractivity contribution is 6.30. The lowest BCUT2D eigenvalue weighted by Crippen LogP contribution is -2.48. The molecule has 1 aromatic carbocycles. The number of benzene rings is 1. The zero-order valence-corrected chi connectivity index (χ0v) is 14.0. The van der Waals surface area contributed by atoms with Gasteiger partial charge in [-0.25, -0.2) is 0 Å². The summed E-state index contributed by atoms with van der Waals surface area (Å²) in [6.07, 6.45) is 4.53. The molecular formula is C18H20ClNO3. The van der Waals surface area contributed by atoms with E-state index in [1.165, 1.54) is 0 Å². The zero-order valence-electron chi connectivity index (χ0n) is 13.3. The van der Waals surface area contributed by atoms with Crippen molar-refractivity contribution in [1.82, 2.24) is 5.32 Å². The van der Waals surface area contributed by atoms with Gasteiger partial charge in [0, 0.05) is 17.0 Å². The van der Waals surface area contributed by atoms with Gasteiger partial charge in [0.1, 0.15) is 11.5 Å².